The summed E-state index contributed by atoms with van der Waals surface area (Å²) < 4.78 is 28.9. The summed E-state index contributed by atoms with van der Waals surface area (Å²) in [6, 6.07) is 3.23. The minimum atomic E-state index is -3.81. The number of sulfonamides is 1. The van der Waals surface area contributed by atoms with Crippen LogP contribution in [0, 0.1) is 6.92 Å². The van der Waals surface area contributed by atoms with Crippen LogP contribution in [0.5, 0.6) is 0 Å². The highest BCUT2D eigenvalue weighted by Gasteiger charge is 2.25. The standard InChI is InChI=1S/C10H10BrClN4O2S/c1-6-9(10(12)16(2)14-6)19(17,18)15-8-4-3-7(11)5-13-8/h3-5H,1-2H3,(H,13,15). The van der Waals surface area contributed by atoms with Gasteiger partial charge >= 0.3 is 0 Å². The summed E-state index contributed by atoms with van der Waals surface area (Å²) >= 11 is 9.17. The van der Waals surface area contributed by atoms with Crippen LogP contribution in [0.4, 0.5) is 5.82 Å². The van der Waals surface area contributed by atoms with Crippen LogP contribution >= 0.6 is 27.5 Å². The Morgan fingerprint density at radius 2 is 2.11 bits per heavy atom. The van der Waals surface area contributed by atoms with Gasteiger partial charge in [0.15, 0.2) is 0 Å². The largest absolute Gasteiger partial charge is 0.267 e. The van der Waals surface area contributed by atoms with Crippen LogP contribution in [-0.4, -0.2) is 23.2 Å². The van der Waals surface area contributed by atoms with Crippen molar-refractivity contribution in [2.45, 2.75) is 11.8 Å². The van der Waals surface area contributed by atoms with E-state index in [1.807, 2.05) is 0 Å². The van der Waals surface area contributed by atoms with E-state index in [1.165, 1.54) is 10.9 Å². The van der Waals surface area contributed by atoms with Gasteiger partial charge < -0.3 is 0 Å². The fourth-order valence-corrected chi connectivity index (χ4v) is 3.54. The first-order valence-electron chi connectivity index (χ1n) is 5.15. The van der Waals surface area contributed by atoms with E-state index in [0.29, 0.717) is 5.69 Å². The molecule has 0 radical (unpaired) electrons. The Labute approximate surface area is 124 Å². The molecule has 0 unspecified atom stereocenters. The first-order valence-corrected chi connectivity index (χ1v) is 7.80. The Morgan fingerprint density at radius 3 is 2.58 bits per heavy atom. The number of halogens is 2. The summed E-state index contributed by atoms with van der Waals surface area (Å²) in [7, 11) is -2.23. The van der Waals surface area contributed by atoms with Crippen molar-refractivity contribution in [2.24, 2.45) is 7.05 Å². The van der Waals surface area contributed by atoms with Gasteiger partial charge in [-0.1, -0.05) is 11.6 Å². The van der Waals surface area contributed by atoms with Crippen LogP contribution in [0.2, 0.25) is 5.15 Å². The molecule has 9 heteroatoms. The Kier molecular flexibility index (Phi) is 3.84. The number of aromatic nitrogens is 3. The Balaban J connectivity index is 2.40. The number of hydrogen-bond acceptors (Lipinski definition) is 4. The average Bonchev–Trinajstić information content (AvgIpc) is 2.56. The lowest BCUT2D eigenvalue weighted by molar-refractivity contribution is 0.600. The van der Waals surface area contributed by atoms with Crippen molar-refractivity contribution in [3.63, 3.8) is 0 Å². The minimum absolute atomic E-state index is 0.0404. The van der Waals surface area contributed by atoms with Crippen molar-refractivity contribution in [1.29, 1.82) is 0 Å². The molecule has 0 fully saturated rings. The summed E-state index contributed by atoms with van der Waals surface area (Å²) in [4.78, 5) is 3.91. The fraction of sp³-hybridized carbons (Fsp3) is 0.200. The summed E-state index contributed by atoms with van der Waals surface area (Å²) in [5.41, 5.74) is 0.331. The summed E-state index contributed by atoms with van der Waals surface area (Å²) in [5, 5.41) is 4.03. The van der Waals surface area contributed by atoms with Gasteiger partial charge in [-0.15, -0.1) is 0 Å². The molecule has 0 aliphatic rings. The predicted molar refractivity (Wildman–Crippen MR) is 75.7 cm³/mol. The maximum absolute atomic E-state index is 12.2. The minimum Gasteiger partial charge on any atom is -0.263 e. The molecule has 6 nitrogen and oxygen atoms in total. The highest BCUT2D eigenvalue weighted by Crippen LogP contribution is 2.25. The molecule has 0 atom stereocenters. The zero-order chi connectivity index (χ0) is 14.2. The molecule has 0 aromatic carbocycles. The Bertz CT molecular complexity index is 712. The summed E-state index contributed by atoms with van der Waals surface area (Å²) in [6.07, 6.45) is 1.50. The SMILES string of the molecule is Cc1nn(C)c(Cl)c1S(=O)(=O)Nc1ccc(Br)cn1. The third-order valence-corrected chi connectivity index (χ3v) is 4.85. The highest BCUT2D eigenvalue weighted by atomic mass is 79.9. The first-order chi connectivity index (χ1) is 8.81. The van der Waals surface area contributed by atoms with Crippen molar-refractivity contribution in [2.75, 3.05) is 4.72 Å². The van der Waals surface area contributed by atoms with E-state index < -0.39 is 10.0 Å². The number of aryl methyl sites for hydroxylation is 2. The monoisotopic (exact) mass is 364 g/mol. The van der Waals surface area contributed by atoms with E-state index in [2.05, 4.69) is 30.7 Å². The van der Waals surface area contributed by atoms with Gasteiger partial charge in [-0.25, -0.2) is 13.4 Å². The maximum Gasteiger partial charge on any atom is 0.267 e. The molecular weight excluding hydrogens is 356 g/mol. The van der Waals surface area contributed by atoms with Crippen LogP contribution in [0.1, 0.15) is 5.69 Å². The van der Waals surface area contributed by atoms with E-state index >= 15 is 0 Å². The van der Waals surface area contributed by atoms with Crippen LogP contribution in [-0.2, 0) is 17.1 Å². The van der Waals surface area contributed by atoms with E-state index in [9.17, 15) is 8.42 Å². The van der Waals surface area contributed by atoms with E-state index in [-0.39, 0.29) is 15.9 Å². The number of nitrogens with zero attached hydrogens (tertiary/aromatic N) is 3. The molecule has 1 N–H and O–H groups in total. The maximum atomic E-state index is 12.2. The molecule has 2 heterocycles. The lowest BCUT2D eigenvalue weighted by atomic mass is 10.5. The van der Waals surface area contributed by atoms with Crippen LogP contribution < -0.4 is 4.72 Å². The lowest BCUT2D eigenvalue weighted by Gasteiger charge is -2.06. The van der Waals surface area contributed by atoms with Gasteiger partial charge in [0, 0.05) is 17.7 Å². The van der Waals surface area contributed by atoms with Crippen molar-refractivity contribution in [3.8, 4) is 0 Å². The van der Waals surface area contributed by atoms with Crippen molar-refractivity contribution in [1.82, 2.24) is 14.8 Å². The molecular formula is C10H10BrClN4O2S. The number of rotatable bonds is 3. The van der Waals surface area contributed by atoms with Gasteiger partial charge in [-0.05, 0) is 35.0 Å². The second-order valence-electron chi connectivity index (χ2n) is 3.80. The molecule has 0 bridgehead atoms. The average molecular weight is 366 g/mol. The molecule has 102 valence electrons. The molecule has 2 aromatic heterocycles. The van der Waals surface area contributed by atoms with Crippen molar-refractivity contribution in [3.05, 3.63) is 33.6 Å². The van der Waals surface area contributed by atoms with Gasteiger partial charge in [0.25, 0.3) is 10.0 Å². The first kappa shape index (κ1) is 14.3. The number of pyridine rings is 1. The number of hydrogen-bond donors (Lipinski definition) is 1. The molecule has 0 saturated carbocycles. The third-order valence-electron chi connectivity index (χ3n) is 2.34. The van der Waals surface area contributed by atoms with Gasteiger partial charge in [-0.2, -0.15) is 5.10 Å². The quantitative estimate of drug-likeness (QED) is 0.905. The third kappa shape index (κ3) is 2.90. The van der Waals surface area contributed by atoms with Crippen LogP contribution in [0.25, 0.3) is 0 Å². The van der Waals surface area contributed by atoms with Gasteiger partial charge in [0.2, 0.25) is 0 Å². The Morgan fingerprint density at radius 1 is 1.42 bits per heavy atom. The second-order valence-corrected chi connectivity index (χ2v) is 6.69. The normalized spacial score (nSPS) is 11.6. The zero-order valence-electron chi connectivity index (χ0n) is 10.1. The van der Waals surface area contributed by atoms with Gasteiger partial charge in [0.05, 0.1) is 5.69 Å². The van der Waals surface area contributed by atoms with E-state index in [4.69, 9.17) is 11.6 Å². The fourth-order valence-electron chi connectivity index (χ4n) is 1.54. The Hall–Kier alpha value is -1.12. The van der Waals surface area contributed by atoms with Crippen molar-refractivity contribution < 1.29 is 8.42 Å². The molecule has 0 saturated heterocycles. The van der Waals surface area contributed by atoms with Gasteiger partial charge in [-0.3, -0.25) is 9.40 Å². The zero-order valence-corrected chi connectivity index (χ0v) is 13.2. The second kappa shape index (κ2) is 5.10. The highest BCUT2D eigenvalue weighted by molar-refractivity contribution is 9.10. The van der Waals surface area contributed by atoms with Gasteiger partial charge in [0.1, 0.15) is 15.9 Å². The molecule has 0 spiro atoms. The topological polar surface area (TPSA) is 76.9 Å². The summed E-state index contributed by atoms with van der Waals surface area (Å²) in [6.45, 7) is 1.58. The molecule has 2 rings (SSSR count). The number of nitrogens with one attached hydrogen (secondary N) is 1. The smallest absolute Gasteiger partial charge is 0.263 e. The molecule has 2 aromatic rings. The van der Waals surface area contributed by atoms with Crippen LogP contribution in [0.15, 0.2) is 27.7 Å². The summed E-state index contributed by atoms with van der Waals surface area (Å²) in [5.74, 6) is 0.211. The molecule has 0 amide bonds. The van der Waals surface area contributed by atoms with E-state index in [1.54, 1.807) is 26.1 Å². The van der Waals surface area contributed by atoms with Crippen molar-refractivity contribution >= 4 is 43.4 Å². The molecule has 0 aliphatic heterocycles. The lowest BCUT2D eigenvalue weighted by Crippen LogP contribution is -2.14. The predicted octanol–water partition coefficient (Wildman–Crippen LogP) is 2.34. The van der Waals surface area contributed by atoms with Crippen LogP contribution in [0.3, 0.4) is 0 Å². The number of anilines is 1. The van der Waals surface area contributed by atoms with E-state index in [0.717, 1.165) is 4.47 Å². The molecule has 0 aliphatic carbocycles. The molecule has 19 heavy (non-hydrogen) atoms.